The van der Waals surface area contributed by atoms with Gasteiger partial charge in [-0.05, 0) is 98.7 Å². The highest BCUT2D eigenvalue weighted by molar-refractivity contribution is 5.73. The van der Waals surface area contributed by atoms with Gasteiger partial charge in [-0.3, -0.25) is 0 Å². The van der Waals surface area contributed by atoms with Crippen molar-refractivity contribution in [3.05, 3.63) is 60.9 Å². The van der Waals surface area contributed by atoms with E-state index in [0.29, 0.717) is 5.65 Å². The normalized spacial score (nSPS) is 12.2. The molecule has 0 aliphatic heterocycles. The zero-order valence-corrected chi connectivity index (χ0v) is 24.2. The number of pyridine rings is 2. The van der Waals surface area contributed by atoms with Gasteiger partial charge in [0, 0.05) is 12.4 Å². The minimum Gasteiger partial charge on any atom is -0.238 e. The van der Waals surface area contributed by atoms with E-state index >= 15 is 0 Å². The maximum atomic E-state index is 4.39. The van der Waals surface area contributed by atoms with Gasteiger partial charge in [0.2, 0.25) is 5.65 Å². The van der Waals surface area contributed by atoms with Crippen LogP contribution in [-0.2, 0) is 16.6 Å². The van der Waals surface area contributed by atoms with Crippen LogP contribution in [0, 0.1) is 0 Å². The average molecular weight is 528 g/mol. The molecule has 5 aromatic heterocycles. The topological polar surface area (TPSA) is 118 Å². The molecule has 11 heteroatoms. The highest BCUT2D eigenvalue weighted by atomic mass is 15.5. The van der Waals surface area contributed by atoms with Gasteiger partial charge >= 0.3 is 0 Å². The average Bonchev–Trinajstić information content (AvgIpc) is 3.60. The Morgan fingerprint density at radius 1 is 0.538 bits per heavy atom. The van der Waals surface area contributed by atoms with Gasteiger partial charge in [0.15, 0.2) is 5.65 Å². The van der Waals surface area contributed by atoms with Crippen LogP contribution in [0.5, 0.6) is 0 Å². The van der Waals surface area contributed by atoms with Crippen molar-refractivity contribution < 1.29 is 0 Å². The van der Waals surface area contributed by atoms with Crippen molar-refractivity contribution in [2.75, 3.05) is 0 Å². The number of nitrogens with zero attached hydrogens (tertiary/aromatic N) is 11. The third-order valence-electron chi connectivity index (χ3n) is 5.59. The summed E-state index contributed by atoms with van der Waals surface area (Å²) in [5.74, 6) is 0. The van der Waals surface area contributed by atoms with Crippen LogP contribution in [0.3, 0.4) is 0 Å². The second-order valence-electron chi connectivity index (χ2n) is 12.2. The van der Waals surface area contributed by atoms with Gasteiger partial charge in [-0.2, -0.15) is 15.0 Å². The summed E-state index contributed by atoms with van der Waals surface area (Å²) in [4.78, 5) is 10.1. The summed E-state index contributed by atoms with van der Waals surface area (Å²) in [6, 6.07) is 15.6. The Morgan fingerprint density at radius 2 is 1.08 bits per heavy atom. The second kappa shape index (κ2) is 10.5. The van der Waals surface area contributed by atoms with Gasteiger partial charge in [0.05, 0.1) is 16.6 Å². The first-order valence-electron chi connectivity index (χ1n) is 12.9. The molecule has 5 heterocycles. The lowest BCUT2D eigenvalue weighted by Gasteiger charge is -2.18. The Balaban J connectivity index is 0.000000136. The van der Waals surface area contributed by atoms with Crippen LogP contribution in [0.4, 0.5) is 0 Å². The predicted octanol–water partition coefficient (Wildman–Crippen LogP) is 5.35. The molecule has 39 heavy (non-hydrogen) atoms. The molecule has 0 bridgehead atoms. The summed E-state index contributed by atoms with van der Waals surface area (Å²) < 4.78 is 3.72. The lowest BCUT2D eigenvalue weighted by atomic mass is 10.1. The molecule has 0 fully saturated rings. The summed E-state index contributed by atoms with van der Waals surface area (Å²) in [5.41, 5.74) is 5.13. The largest absolute Gasteiger partial charge is 0.238 e. The van der Waals surface area contributed by atoms with Crippen molar-refractivity contribution in [2.24, 2.45) is 0 Å². The highest BCUT2D eigenvalue weighted by Crippen LogP contribution is 2.19. The molecule has 6 aromatic rings. The van der Waals surface area contributed by atoms with Gasteiger partial charge in [0.25, 0.3) is 0 Å². The van der Waals surface area contributed by atoms with E-state index in [-0.39, 0.29) is 16.6 Å². The Hall–Kier alpha value is -4.28. The number of aromatic nitrogens is 11. The Morgan fingerprint density at radius 3 is 1.67 bits per heavy atom. The van der Waals surface area contributed by atoms with E-state index in [1.165, 1.54) is 0 Å². The van der Waals surface area contributed by atoms with E-state index in [1.54, 1.807) is 17.2 Å². The van der Waals surface area contributed by atoms with E-state index < -0.39 is 0 Å². The van der Waals surface area contributed by atoms with Crippen molar-refractivity contribution in [3.8, 4) is 0 Å². The molecule has 0 radical (unpaired) electrons. The van der Waals surface area contributed by atoms with Crippen molar-refractivity contribution in [1.82, 2.24) is 54.9 Å². The molecule has 0 amide bonds. The molecule has 11 nitrogen and oxygen atoms in total. The number of rotatable bonds is 0. The number of fused-ring (bicyclic) bond motifs is 3. The maximum absolute atomic E-state index is 4.39. The minimum absolute atomic E-state index is 0.0426. The van der Waals surface area contributed by atoms with Gasteiger partial charge in [0.1, 0.15) is 22.1 Å². The number of hydrogen-bond donors (Lipinski definition) is 0. The molecule has 0 atom stereocenters. The predicted molar refractivity (Wildman–Crippen MR) is 153 cm³/mol. The van der Waals surface area contributed by atoms with Crippen molar-refractivity contribution in [2.45, 2.75) is 78.9 Å². The first-order chi connectivity index (χ1) is 18.2. The van der Waals surface area contributed by atoms with Crippen molar-refractivity contribution >= 4 is 33.4 Å². The van der Waals surface area contributed by atoms with Crippen LogP contribution in [0.2, 0.25) is 0 Å². The molecule has 204 valence electrons. The van der Waals surface area contributed by atoms with Crippen LogP contribution in [0.25, 0.3) is 33.4 Å². The van der Waals surface area contributed by atoms with Gasteiger partial charge in [-0.1, -0.05) is 22.6 Å². The lowest BCUT2D eigenvalue weighted by molar-refractivity contribution is 0.316. The van der Waals surface area contributed by atoms with Crippen molar-refractivity contribution in [3.63, 3.8) is 0 Å². The molecule has 0 unspecified atom stereocenters. The smallest absolute Gasteiger partial charge is 0.201 e. The monoisotopic (exact) mass is 527 g/mol. The molecule has 0 spiro atoms. The third-order valence-corrected chi connectivity index (χ3v) is 5.59. The molecular formula is C28H37N11. The fourth-order valence-corrected chi connectivity index (χ4v) is 3.64. The Bertz CT molecular complexity index is 1540. The van der Waals surface area contributed by atoms with Crippen LogP contribution >= 0.6 is 0 Å². The van der Waals surface area contributed by atoms with E-state index in [1.807, 2.05) is 57.9 Å². The molecule has 0 N–H and O–H groups in total. The molecule has 6 rings (SSSR count). The van der Waals surface area contributed by atoms with Crippen LogP contribution in [-0.4, -0.2) is 54.9 Å². The molecule has 0 aliphatic rings. The zero-order valence-electron chi connectivity index (χ0n) is 24.2. The second-order valence-corrected chi connectivity index (χ2v) is 12.2. The fourth-order valence-electron chi connectivity index (χ4n) is 3.64. The summed E-state index contributed by atoms with van der Waals surface area (Å²) in [6.45, 7) is 18.8. The van der Waals surface area contributed by atoms with Gasteiger partial charge in [-0.25, -0.2) is 19.3 Å². The van der Waals surface area contributed by atoms with E-state index in [4.69, 9.17) is 0 Å². The number of benzene rings is 1. The third kappa shape index (κ3) is 6.42. The quantitative estimate of drug-likeness (QED) is 0.259. The van der Waals surface area contributed by atoms with Crippen LogP contribution in [0.1, 0.15) is 62.3 Å². The SMILES string of the molecule is CC(C)(C)n1nc2ccccc2n1.CC(C)(C)n1nnc2cccnc21.CC(C)(C)n1nnc2ncccc21. The lowest BCUT2D eigenvalue weighted by Crippen LogP contribution is -2.24. The number of hydrogen-bond acceptors (Lipinski definition) is 8. The molecule has 0 saturated carbocycles. The first kappa shape index (κ1) is 27.7. The first-order valence-corrected chi connectivity index (χ1v) is 12.9. The summed E-state index contributed by atoms with van der Waals surface area (Å²) >= 11 is 0. The van der Waals surface area contributed by atoms with E-state index in [9.17, 15) is 0 Å². The van der Waals surface area contributed by atoms with Crippen molar-refractivity contribution in [1.29, 1.82) is 0 Å². The minimum atomic E-state index is -0.0664. The summed E-state index contributed by atoms with van der Waals surface area (Å²) in [7, 11) is 0. The van der Waals surface area contributed by atoms with Gasteiger partial charge in [-0.15, -0.1) is 10.2 Å². The van der Waals surface area contributed by atoms with Gasteiger partial charge < -0.3 is 0 Å². The van der Waals surface area contributed by atoms with Crippen LogP contribution in [0.15, 0.2) is 60.9 Å². The highest BCUT2D eigenvalue weighted by Gasteiger charge is 2.19. The van der Waals surface area contributed by atoms with E-state index in [2.05, 4.69) is 103 Å². The molecule has 0 aliphatic carbocycles. The standard InChI is InChI=1S/C10H13N3.2C9H12N4/c1-10(2,3)13-11-8-6-4-5-7-9(8)12-13;1-9(2,3)13-7-5-4-6-10-8(7)11-12-13;1-9(2,3)13-8-7(11-12-13)5-4-6-10-8/h4-7H,1-3H3;2*4-6H,1-3H3. The zero-order chi connectivity index (χ0) is 28.4. The van der Waals surface area contributed by atoms with Crippen LogP contribution < -0.4 is 0 Å². The Labute approximate surface area is 228 Å². The molecule has 0 saturated heterocycles. The molecule has 1 aromatic carbocycles. The Kier molecular flexibility index (Phi) is 7.45. The summed E-state index contributed by atoms with van der Waals surface area (Å²) in [6.07, 6.45) is 3.48. The van der Waals surface area contributed by atoms with E-state index in [0.717, 1.165) is 27.7 Å². The fraction of sp³-hybridized carbons (Fsp3) is 0.429. The maximum Gasteiger partial charge on any atom is 0.201 e. The molecular weight excluding hydrogens is 490 g/mol. The summed E-state index contributed by atoms with van der Waals surface area (Å²) in [5, 5.41) is 24.9.